The van der Waals surface area contributed by atoms with E-state index in [1.807, 2.05) is 0 Å². The zero-order valence-electron chi connectivity index (χ0n) is 4.65. The minimum Gasteiger partial charge on any atom is -2.00 e. The van der Waals surface area contributed by atoms with Gasteiger partial charge in [-0.25, -0.2) is 0 Å². The molecule has 0 saturated carbocycles. The molecule has 0 unspecified atom stereocenters. The van der Waals surface area contributed by atoms with E-state index in [2.05, 4.69) is 0 Å². The van der Waals surface area contributed by atoms with Crippen molar-refractivity contribution in [3.8, 4) is 0 Å². The molecular formula is C3H8O5Ti. The molecule has 0 radical (unpaired) electrons. The van der Waals surface area contributed by atoms with E-state index < -0.39 is 6.10 Å². The van der Waals surface area contributed by atoms with Crippen LogP contribution in [0.1, 0.15) is 0 Å². The summed E-state index contributed by atoms with van der Waals surface area (Å²) in [5.74, 6) is 0. The first-order chi connectivity index (χ1) is 2.81. The van der Waals surface area contributed by atoms with Crippen molar-refractivity contribution in [2.75, 3.05) is 13.2 Å². The van der Waals surface area contributed by atoms with Crippen LogP contribution in [0.25, 0.3) is 0 Å². The van der Waals surface area contributed by atoms with Crippen molar-refractivity contribution in [3.63, 3.8) is 0 Å². The average Bonchev–Trinajstić information content (AvgIpc) is 1.65. The van der Waals surface area contributed by atoms with Gasteiger partial charge in [0.05, 0.1) is 13.2 Å². The maximum absolute atomic E-state index is 8.17. The summed E-state index contributed by atoms with van der Waals surface area (Å²) in [6, 6.07) is 0. The van der Waals surface area contributed by atoms with Gasteiger partial charge in [-0.2, -0.15) is 0 Å². The molecule has 5 nitrogen and oxygen atoms in total. The van der Waals surface area contributed by atoms with Crippen molar-refractivity contribution in [2.45, 2.75) is 6.10 Å². The Kier molecular flexibility index (Phi) is 39.8. The van der Waals surface area contributed by atoms with Crippen LogP contribution in [-0.2, 0) is 32.7 Å². The summed E-state index contributed by atoms with van der Waals surface area (Å²) < 4.78 is 0. The summed E-state index contributed by atoms with van der Waals surface area (Å²) in [5.41, 5.74) is 0. The van der Waals surface area contributed by atoms with Crippen LogP contribution in [0, 0.1) is 0 Å². The van der Waals surface area contributed by atoms with E-state index >= 15 is 0 Å². The van der Waals surface area contributed by atoms with Crippen LogP contribution < -0.4 is 0 Å². The van der Waals surface area contributed by atoms with Gasteiger partial charge in [0, 0.05) is 0 Å². The van der Waals surface area contributed by atoms with Gasteiger partial charge in [0.15, 0.2) is 0 Å². The first-order valence-corrected chi connectivity index (χ1v) is 1.71. The van der Waals surface area contributed by atoms with Crippen LogP contribution in [0.2, 0.25) is 0 Å². The molecule has 0 rings (SSSR count). The molecule has 0 aromatic carbocycles. The molecule has 0 bridgehead atoms. The Morgan fingerprint density at radius 1 is 1.00 bits per heavy atom. The zero-order chi connectivity index (χ0) is 4.99. The average molecular weight is 172 g/mol. The number of aliphatic hydroxyl groups is 3. The second-order valence-corrected chi connectivity index (χ2v) is 1.02. The zero-order valence-corrected chi connectivity index (χ0v) is 6.21. The third-order valence-corrected chi connectivity index (χ3v) is 0.421. The third-order valence-electron chi connectivity index (χ3n) is 0.421. The van der Waals surface area contributed by atoms with Gasteiger partial charge in [-0.1, -0.05) is 0 Å². The summed E-state index contributed by atoms with van der Waals surface area (Å²) in [7, 11) is 0. The Balaban J connectivity index is -0.0000000417. The molecule has 0 fully saturated rings. The quantitative estimate of drug-likeness (QED) is 0.421. The van der Waals surface area contributed by atoms with Crippen LogP contribution in [0.3, 0.4) is 0 Å². The predicted octanol–water partition coefficient (Wildman–Crippen LogP) is -1.91. The topological polar surface area (TPSA) is 118 Å². The monoisotopic (exact) mass is 172 g/mol. The fourth-order valence-electron chi connectivity index (χ4n) is 0.0577. The normalized spacial score (nSPS) is 6.67. The van der Waals surface area contributed by atoms with Crippen molar-refractivity contribution >= 4 is 0 Å². The van der Waals surface area contributed by atoms with Gasteiger partial charge in [0.2, 0.25) is 0 Å². The Bertz CT molecular complexity index is 31.4. The Labute approximate surface area is 67.8 Å². The maximum Gasteiger partial charge on any atom is 4.00 e. The summed E-state index contributed by atoms with van der Waals surface area (Å²) >= 11 is 0. The number of hydrogen-bond acceptors (Lipinski definition) is 3. The van der Waals surface area contributed by atoms with Crippen molar-refractivity contribution < 1.29 is 48.0 Å². The maximum atomic E-state index is 8.17. The van der Waals surface area contributed by atoms with Gasteiger partial charge in [-0.3, -0.25) is 0 Å². The molecule has 0 amide bonds. The molecule has 0 aromatic rings. The van der Waals surface area contributed by atoms with E-state index in [1.165, 1.54) is 0 Å². The molecule has 0 aliphatic carbocycles. The molecule has 0 atom stereocenters. The van der Waals surface area contributed by atoms with Crippen LogP contribution in [0.4, 0.5) is 0 Å². The van der Waals surface area contributed by atoms with Gasteiger partial charge in [0.1, 0.15) is 6.10 Å². The summed E-state index contributed by atoms with van der Waals surface area (Å²) in [4.78, 5) is 0. The van der Waals surface area contributed by atoms with E-state index in [9.17, 15) is 0 Å². The second kappa shape index (κ2) is 15.8. The van der Waals surface area contributed by atoms with Crippen molar-refractivity contribution in [2.24, 2.45) is 0 Å². The number of aliphatic hydroxyl groups excluding tert-OH is 3. The summed E-state index contributed by atoms with van der Waals surface area (Å²) in [6.45, 7) is -0.729. The Morgan fingerprint density at radius 2 is 1.22 bits per heavy atom. The van der Waals surface area contributed by atoms with E-state index in [0.717, 1.165) is 0 Å². The molecule has 0 spiro atoms. The van der Waals surface area contributed by atoms with Crippen LogP contribution >= 0.6 is 0 Å². The first-order valence-electron chi connectivity index (χ1n) is 1.71. The molecule has 6 heteroatoms. The number of rotatable bonds is 2. The molecule has 0 saturated heterocycles. The van der Waals surface area contributed by atoms with E-state index in [-0.39, 0.29) is 45.9 Å². The van der Waals surface area contributed by atoms with Crippen LogP contribution in [-0.4, -0.2) is 34.6 Å². The molecule has 9 heavy (non-hydrogen) atoms. The molecule has 0 heterocycles. The predicted molar refractivity (Wildman–Crippen MR) is 21.6 cm³/mol. The molecular weight excluding hydrogens is 164 g/mol. The molecule has 0 aliphatic rings. The number of hydrogen-bond donors (Lipinski definition) is 3. The van der Waals surface area contributed by atoms with Gasteiger partial charge < -0.3 is 26.3 Å². The minimum atomic E-state index is -0.954. The smallest absolute Gasteiger partial charge is 2.00 e. The third kappa shape index (κ3) is 17.7. The fourth-order valence-corrected chi connectivity index (χ4v) is 0.0577. The van der Waals surface area contributed by atoms with Crippen molar-refractivity contribution in [3.05, 3.63) is 0 Å². The van der Waals surface area contributed by atoms with Gasteiger partial charge >= 0.3 is 21.7 Å². The standard InChI is InChI=1S/C3H8O3.2O.Ti/c4-1-3(6)2-5;;;/h3-6H,1-2H2;;;/q;2*-2;+4. The SMILES string of the molecule is OCC(O)CO.[O-2].[O-2].[Ti+4]. The molecule has 3 N–H and O–H groups in total. The van der Waals surface area contributed by atoms with E-state index in [4.69, 9.17) is 15.3 Å². The van der Waals surface area contributed by atoms with Gasteiger partial charge in [-0.15, -0.1) is 0 Å². The molecule has 0 aliphatic heterocycles. The summed E-state index contributed by atoms with van der Waals surface area (Å²) in [5, 5.41) is 24.0. The first kappa shape index (κ1) is 22.7. The Hall–Kier alpha value is 0.514. The largest absolute Gasteiger partial charge is 4.00 e. The van der Waals surface area contributed by atoms with Gasteiger partial charge in [-0.05, 0) is 0 Å². The van der Waals surface area contributed by atoms with Crippen LogP contribution in [0.5, 0.6) is 0 Å². The minimum absolute atomic E-state index is 0. The summed E-state index contributed by atoms with van der Waals surface area (Å²) in [6.07, 6.45) is -0.954. The Morgan fingerprint density at radius 3 is 1.22 bits per heavy atom. The van der Waals surface area contributed by atoms with Crippen LogP contribution in [0.15, 0.2) is 0 Å². The fraction of sp³-hybridized carbons (Fsp3) is 1.00. The van der Waals surface area contributed by atoms with E-state index in [1.54, 1.807) is 0 Å². The van der Waals surface area contributed by atoms with E-state index in [0.29, 0.717) is 0 Å². The second-order valence-electron chi connectivity index (χ2n) is 1.02. The molecule has 54 valence electrons. The van der Waals surface area contributed by atoms with Crippen molar-refractivity contribution in [1.82, 2.24) is 0 Å². The van der Waals surface area contributed by atoms with Gasteiger partial charge in [0.25, 0.3) is 0 Å². The van der Waals surface area contributed by atoms with Crippen molar-refractivity contribution in [1.29, 1.82) is 0 Å². The molecule has 0 aromatic heterocycles.